The predicted molar refractivity (Wildman–Crippen MR) is 98.4 cm³/mol. The standard InChI is InChI=1S/C17H29N3O4S/c1-5-20(6-2)25(22,23)16-13-15(8-7-14(16)3)17(21)19-10-9-18-11-12-24-4/h7-8,13,18H,5-6,9-12H2,1-4H3,(H,19,21). The zero-order valence-corrected chi connectivity index (χ0v) is 16.3. The Morgan fingerprint density at radius 2 is 1.84 bits per heavy atom. The molecule has 1 rings (SSSR count). The minimum absolute atomic E-state index is 0.182. The first kappa shape index (κ1) is 21.6. The third kappa shape index (κ3) is 6.07. The normalized spacial score (nSPS) is 11.7. The lowest BCUT2D eigenvalue weighted by Gasteiger charge is -2.20. The number of ether oxygens (including phenoxy) is 1. The van der Waals surface area contributed by atoms with Gasteiger partial charge in [-0.2, -0.15) is 4.31 Å². The zero-order valence-electron chi connectivity index (χ0n) is 15.5. The van der Waals surface area contributed by atoms with Crippen molar-refractivity contribution < 1.29 is 17.9 Å². The van der Waals surface area contributed by atoms with Crippen LogP contribution in [-0.2, 0) is 14.8 Å². The van der Waals surface area contributed by atoms with E-state index >= 15 is 0 Å². The molecule has 1 aromatic carbocycles. The van der Waals surface area contributed by atoms with Crippen molar-refractivity contribution in [2.75, 3.05) is 46.4 Å². The van der Waals surface area contributed by atoms with Gasteiger partial charge in [0, 0.05) is 45.4 Å². The van der Waals surface area contributed by atoms with Gasteiger partial charge in [-0.1, -0.05) is 19.9 Å². The van der Waals surface area contributed by atoms with Crippen LogP contribution in [0, 0.1) is 6.92 Å². The third-order valence-electron chi connectivity index (χ3n) is 3.84. The summed E-state index contributed by atoms with van der Waals surface area (Å²) in [5.41, 5.74) is 0.970. The lowest BCUT2D eigenvalue weighted by Crippen LogP contribution is -2.33. The van der Waals surface area contributed by atoms with Crippen molar-refractivity contribution >= 4 is 15.9 Å². The number of aryl methyl sites for hydroxylation is 1. The van der Waals surface area contributed by atoms with Crippen LogP contribution >= 0.6 is 0 Å². The third-order valence-corrected chi connectivity index (χ3v) is 6.04. The lowest BCUT2D eigenvalue weighted by molar-refractivity contribution is 0.0953. The molecule has 0 saturated carbocycles. The van der Waals surface area contributed by atoms with Crippen molar-refractivity contribution in [2.24, 2.45) is 0 Å². The molecule has 0 aliphatic carbocycles. The lowest BCUT2D eigenvalue weighted by atomic mass is 10.1. The first-order valence-electron chi connectivity index (χ1n) is 8.47. The fraction of sp³-hybridized carbons (Fsp3) is 0.588. The number of benzene rings is 1. The van der Waals surface area contributed by atoms with Crippen molar-refractivity contribution in [1.82, 2.24) is 14.9 Å². The number of methoxy groups -OCH3 is 1. The van der Waals surface area contributed by atoms with Crippen LogP contribution in [-0.4, -0.2) is 65.1 Å². The number of nitrogens with zero attached hydrogens (tertiary/aromatic N) is 1. The van der Waals surface area contributed by atoms with Crippen molar-refractivity contribution in [1.29, 1.82) is 0 Å². The maximum absolute atomic E-state index is 12.7. The minimum Gasteiger partial charge on any atom is -0.383 e. The van der Waals surface area contributed by atoms with Crippen LogP contribution in [0.1, 0.15) is 29.8 Å². The molecule has 25 heavy (non-hydrogen) atoms. The molecular formula is C17H29N3O4S. The molecule has 0 bridgehead atoms. The van der Waals surface area contributed by atoms with E-state index in [9.17, 15) is 13.2 Å². The Labute approximate surface area is 150 Å². The highest BCUT2D eigenvalue weighted by atomic mass is 32.2. The minimum atomic E-state index is -3.60. The van der Waals surface area contributed by atoms with E-state index in [2.05, 4.69) is 10.6 Å². The quantitative estimate of drug-likeness (QED) is 0.567. The molecular weight excluding hydrogens is 342 g/mol. The molecule has 1 aromatic rings. The van der Waals surface area contributed by atoms with E-state index < -0.39 is 10.0 Å². The molecule has 7 nitrogen and oxygen atoms in total. The van der Waals surface area contributed by atoms with Gasteiger partial charge in [0.1, 0.15) is 0 Å². The van der Waals surface area contributed by atoms with Gasteiger partial charge in [-0.25, -0.2) is 8.42 Å². The molecule has 0 aliphatic heterocycles. The summed E-state index contributed by atoms with van der Waals surface area (Å²) in [7, 11) is -1.97. The van der Waals surface area contributed by atoms with E-state index in [1.807, 2.05) is 0 Å². The van der Waals surface area contributed by atoms with Crippen LogP contribution in [0.25, 0.3) is 0 Å². The summed E-state index contributed by atoms with van der Waals surface area (Å²) >= 11 is 0. The van der Waals surface area contributed by atoms with Crippen molar-refractivity contribution in [3.05, 3.63) is 29.3 Å². The Bertz CT molecular complexity index is 658. The van der Waals surface area contributed by atoms with E-state index in [0.29, 0.717) is 50.5 Å². The number of hydrogen-bond acceptors (Lipinski definition) is 5. The molecule has 8 heteroatoms. The molecule has 1 amide bonds. The Hall–Kier alpha value is -1.48. The molecule has 0 fully saturated rings. The van der Waals surface area contributed by atoms with Gasteiger partial charge in [0.25, 0.3) is 5.91 Å². The Morgan fingerprint density at radius 1 is 1.16 bits per heavy atom. The van der Waals surface area contributed by atoms with Gasteiger partial charge in [0.05, 0.1) is 11.5 Å². The van der Waals surface area contributed by atoms with Crippen LogP contribution in [0.2, 0.25) is 0 Å². The molecule has 2 N–H and O–H groups in total. The number of hydrogen-bond donors (Lipinski definition) is 2. The monoisotopic (exact) mass is 371 g/mol. The summed E-state index contributed by atoms with van der Waals surface area (Å²) in [6.45, 7) is 8.50. The van der Waals surface area contributed by atoms with E-state index in [0.717, 1.165) is 0 Å². The van der Waals surface area contributed by atoms with E-state index in [-0.39, 0.29) is 10.8 Å². The first-order chi connectivity index (χ1) is 11.9. The highest BCUT2D eigenvalue weighted by molar-refractivity contribution is 7.89. The first-order valence-corrected chi connectivity index (χ1v) is 9.91. The number of carbonyl (C=O) groups is 1. The van der Waals surface area contributed by atoms with Crippen LogP contribution in [0.4, 0.5) is 0 Å². The van der Waals surface area contributed by atoms with Crippen LogP contribution in [0.15, 0.2) is 23.1 Å². The van der Waals surface area contributed by atoms with Gasteiger partial charge in [0.15, 0.2) is 0 Å². The highest BCUT2D eigenvalue weighted by Gasteiger charge is 2.24. The fourth-order valence-electron chi connectivity index (χ4n) is 2.39. The van der Waals surface area contributed by atoms with Crippen LogP contribution in [0.3, 0.4) is 0 Å². The Morgan fingerprint density at radius 3 is 2.44 bits per heavy atom. The number of sulfonamides is 1. The largest absolute Gasteiger partial charge is 0.383 e. The van der Waals surface area contributed by atoms with Crippen molar-refractivity contribution in [3.8, 4) is 0 Å². The van der Waals surface area contributed by atoms with E-state index in [1.165, 1.54) is 10.4 Å². The molecule has 0 aromatic heterocycles. The molecule has 0 radical (unpaired) electrons. The number of carbonyl (C=O) groups excluding carboxylic acids is 1. The SMILES string of the molecule is CCN(CC)S(=O)(=O)c1cc(C(=O)NCCNCCOC)ccc1C. The summed E-state index contributed by atoms with van der Waals surface area (Å²) in [5, 5.41) is 5.91. The van der Waals surface area contributed by atoms with Gasteiger partial charge < -0.3 is 15.4 Å². The average Bonchev–Trinajstić information content (AvgIpc) is 2.58. The molecule has 0 unspecified atom stereocenters. The van der Waals surface area contributed by atoms with Gasteiger partial charge in [-0.3, -0.25) is 4.79 Å². The summed E-state index contributed by atoms with van der Waals surface area (Å²) < 4.78 is 31.8. The maximum Gasteiger partial charge on any atom is 0.251 e. The van der Waals surface area contributed by atoms with E-state index in [4.69, 9.17) is 4.74 Å². The zero-order chi connectivity index (χ0) is 18.9. The van der Waals surface area contributed by atoms with Gasteiger partial charge in [-0.05, 0) is 24.6 Å². The summed E-state index contributed by atoms with van der Waals surface area (Å²) in [6.07, 6.45) is 0. The second-order valence-corrected chi connectivity index (χ2v) is 7.47. The van der Waals surface area contributed by atoms with Crippen LogP contribution in [0.5, 0.6) is 0 Å². The number of amides is 1. The fourth-order valence-corrected chi connectivity index (χ4v) is 4.10. The Balaban J connectivity index is 2.82. The molecule has 0 spiro atoms. The predicted octanol–water partition coefficient (Wildman–Crippen LogP) is 0.991. The summed E-state index contributed by atoms with van der Waals surface area (Å²) in [4.78, 5) is 12.4. The molecule has 0 aliphatic rings. The summed E-state index contributed by atoms with van der Waals surface area (Å²) in [6, 6.07) is 4.77. The highest BCUT2D eigenvalue weighted by Crippen LogP contribution is 2.21. The summed E-state index contributed by atoms with van der Waals surface area (Å²) in [5.74, 6) is -0.287. The number of rotatable bonds is 11. The maximum atomic E-state index is 12.7. The van der Waals surface area contributed by atoms with Gasteiger partial charge in [0.2, 0.25) is 10.0 Å². The van der Waals surface area contributed by atoms with E-state index in [1.54, 1.807) is 40.0 Å². The Kier molecular flexibility index (Phi) is 9.05. The second kappa shape index (κ2) is 10.5. The molecule has 0 heterocycles. The smallest absolute Gasteiger partial charge is 0.251 e. The second-order valence-electron chi connectivity index (χ2n) is 5.57. The molecule has 142 valence electrons. The average molecular weight is 372 g/mol. The molecule has 0 saturated heterocycles. The van der Waals surface area contributed by atoms with Gasteiger partial charge >= 0.3 is 0 Å². The number of nitrogens with one attached hydrogen (secondary N) is 2. The molecule has 0 atom stereocenters. The van der Waals surface area contributed by atoms with Crippen molar-refractivity contribution in [3.63, 3.8) is 0 Å². The van der Waals surface area contributed by atoms with Gasteiger partial charge in [-0.15, -0.1) is 0 Å². The van der Waals surface area contributed by atoms with Crippen LogP contribution < -0.4 is 10.6 Å². The van der Waals surface area contributed by atoms with Crippen molar-refractivity contribution in [2.45, 2.75) is 25.7 Å². The topological polar surface area (TPSA) is 87.7 Å².